The summed E-state index contributed by atoms with van der Waals surface area (Å²) in [7, 11) is -0.910. The minimum absolute atomic E-state index is 0.0466. The molecule has 24 heavy (non-hydrogen) atoms. The molecule has 0 aliphatic heterocycles. The second kappa shape index (κ2) is 7.08. The summed E-state index contributed by atoms with van der Waals surface area (Å²) in [5, 5.41) is 7.87. The Labute approximate surface area is 144 Å². The van der Waals surface area contributed by atoms with E-state index in [0.29, 0.717) is 17.2 Å². The molecule has 0 radical (unpaired) electrons. The Balaban J connectivity index is 2.25. The Morgan fingerprint density at radius 3 is 2.25 bits per heavy atom. The lowest BCUT2D eigenvalue weighted by Gasteiger charge is -2.12. The Bertz CT molecular complexity index is 866. The van der Waals surface area contributed by atoms with Gasteiger partial charge in [0.25, 0.3) is 5.91 Å². The number of hydrogen-bond acceptors (Lipinski definition) is 5. The van der Waals surface area contributed by atoms with E-state index in [1.807, 2.05) is 0 Å². The molecule has 9 heteroatoms. The van der Waals surface area contributed by atoms with Crippen LogP contribution in [0.2, 0.25) is 5.02 Å². The van der Waals surface area contributed by atoms with Gasteiger partial charge in [-0.15, -0.1) is 0 Å². The first-order chi connectivity index (χ1) is 11.3. The number of carbonyl (C=O) groups is 1. The molecule has 2 aromatic carbocycles. The molecule has 0 fully saturated rings. The number of hydrogen-bond donors (Lipinski definition) is 2. The van der Waals surface area contributed by atoms with E-state index in [1.165, 1.54) is 50.6 Å². The molecule has 128 valence electrons. The minimum atomic E-state index is -3.78. The highest BCUT2D eigenvalue weighted by atomic mass is 35.5. The van der Waals surface area contributed by atoms with E-state index in [4.69, 9.17) is 26.2 Å². The van der Waals surface area contributed by atoms with Gasteiger partial charge in [-0.3, -0.25) is 4.79 Å². The summed E-state index contributed by atoms with van der Waals surface area (Å²) in [5.41, 5.74) is 0.659. The van der Waals surface area contributed by atoms with Gasteiger partial charge in [-0.05, 0) is 36.4 Å². The van der Waals surface area contributed by atoms with Gasteiger partial charge in [-0.25, -0.2) is 13.6 Å². The van der Waals surface area contributed by atoms with Crippen molar-refractivity contribution < 1.29 is 22.7 Å². The molecule has 0 spiro atoms. The van der Waals surface area contributed by atoms with E-state index >= 15 is 0 Å². The third kappa shape index (κ3) is 3.97. The van der Waals surface area contributed by atoms with Gasteiger partial charge < -0.3 is 14.8 Å². The van der Waals surface area contributed by atoms with Crippen molar-refractivity contribution in [1.82, 2.24) is 0 Å². The van der Waals surface area contributed by atoms with Gasteiger partial charge >= 0.3 is 0 Å². The van der Waals surface area contributed by atoms with Crippen LogP contribution < -0.4 is 19.9 Å². The fraction of sp³-hybridized carbons (Fsp3) is 0.133. The van der Waals surface area contributed by atoms with Crippen molar-refractivity contribution >= 4 is 33.2 Å². The number of methoxy groups -OCH3 is 2. The van der Waals surface area contributed by atoms with Crippen molar-refractivity contribution in [3.05, 3.63) is 47.0 Å². The van der Waals surface area contributed by atoms with Gasteiger partial charge in [-0.2, -0.15) is 0 Å². The SMILES string of the molecule is COc1cc(C(=O)Nc2ccc(S(N)(=O)=O)cc2)cc(Cl)c1OC. The van der Waals surface area contributed by atoms with Crippen LogP contribution in [0.5, 0.6) is 11.5 Å². The normalized spacial score (nSPS) is 11.0. The molecule has 2 aromatic rings. The zero-order chi connectivity index (χ0) is 17.9. The Morgan fingerprint density at radius 2 is 1.75 bits per heavy atom. The van der Waals surface area contributed by atoms with E-state index in [-0.39, 0.29) is 15.5 Å². The van der Waals surface area contributed by atoms with Crippen LogP contribution >= 0.6 is 11.6 Å². The molecular formula is C15H15ClN2O5S. The zero-order valence-electron chi connectivity index (χ0n) is 12.9. The number of benzene rings is 2. The van der Waals surface area contributed by atoms with Crippen molar-refractivity contribution in [2.45, 2.75) is 4.90 Å². The molecule has 0 aliphatic carbocycles. The van der Waals surface area contributed by atoms with Crippen LogP contribution in [0.15, 0.2) is 41.3 Å². The van der Waals surface area contributed by atoms with Gasteiger partial charge in [0.15, 0.2) is 11.5 Å². The molecule has 2 rings (SSSR count). The van der Waals surface area contributed by atoms with Crippen molar-refractivity contribution in [3.8, 4) is 11.5 Å². The molecule has 0 saturated carbocycles. The summed E-state index contributed by atoms with van der Waals surface area (Å²) in [5.74, 6) is 0.203. The molecule has 0 aliphatic rings. The fourth-order valence-electron chi connectivity index (χ4n) is 1.98. The fourth-order valence-corrected chi connectivity index (χ4v) is 2.78. The summed E-state index contributed by atoms with van der Waals surface area (Å²) < 4.78 is 32.7. The average Bonchev–Trinajstić information content (AvgIpc) is 2.53. The van der Waals surface area contributed by atoms with Gasteiger partial charge in [0.1, 0.15) is 0 Å². The molecule has 1 amide bonds. The van der Waals surface area contributed by atoms with Crippen molar-refractivity contribution in [1.29, 1.82) is 0 Å². The number of carbonyl (C=O) groups excluding carboxylic acids is 1. The van der Waals surface area contributed by atoms with Gasteiger partial charge in [0, 0.05) is 11.3 Å². The molecule has 0 atom stereocenters. The first-order valence-electron chi connectivity index (χ1n) is 6.62. The number of ether oxygens (including phenoxy) is 2. The molecule has 0 heterocycles. The van der Waals surface area contributed by atoms with Gasteiger partial charge in [-0.1, -0.05) is 11.6 Å². The summed E-state index contributed by atoms with van der Waals surface area (Å²) in [6.07, 6.45) is 0. The smallest absolute Gasteiger partial charge is 0.255 e. The third-order valence-electron chi connectivity index (χ3n) is 3.14. The predicted molar refractivity (Wildman–Crippen MR) is 90.3 cm³/mol. The third-order valence-corrected chi connectivity index (χ3v) is 4.35. The lowest BCUT2D eigenvalue weighted by molar-refractivity contribution is 0.102. The van der Waals surface area contributed by atoms with Crippen LogP contribution in [0.1, 0.15) is 10.4 Å². The van der Waals surface area contributed by atoms with Crippen LogP contribution in [0.25, 0.3) is 0 Å². The molecule has 3 N–H and O–H groups in total. The molecule has 0 unspecified atom stereocenters. The number of anilines is 1. The number of halogens is 1. The second-order valence-electron chi connectivity index (χ2n) is 4.72. The Morgan fingerprint density at radius 1 is 1.12 bits per heavy atom. The first-order valence-corrected chi connectivity index (χ1v) is 8.54. The number of sulfonamides is 1. The van der Waals surface area contributed by atoms with Gasteiger partial charge in [0.2, 0.25) is 10.0 Å². The summed E-state index contributed by atoms with van der Waals surface area (Å²) in [6, 6.07) is 8.38. The highest BCUT2D eigenvalue weighted by Crippen LogP contribution is 2.36. The number of rotatable bonds is 5. The van der Waals surface area contributed by atoms with Crippen LogP contribution in [0.4, 0.5) is 5.69 Å². The van der Waals surface area contributed by atoms with E-state index in [1.54, 1.807) is 0 Å². The molecule has 0 bridgehead atoms. The number of primary sulfonamides is 1. The monoisotopic (exact) mass is 370 g/mol. The van der Waals surface area contributed by atoms with Crippen LogP contribution in [-0.4, -0.2) is 28.5 Å². The summed E-state index contributed by atoms with van der Waals surface area (Å²) in [6.45, 7) is 0. The van der Waals surface area contributed by atoms with Crippen LogP contribution in [-0.2, 0) is 10.0 Å². The van der Waals surface area contributed by atoms with Crippen molar-refractivity contribution in [2.75, 3.05) is 19.5 Å². The lowest BCUT2D eigenvalue weighted by atomic mass is 10.1. The highest BCUT2D eigenvalue weighted by molar-refractivity contribution is 7.89. The maximum atomic E-state index is 12.3. The van der Waals surface area contributed by atoms with E-state index in [0.717, 1.165) is 0 Å². The standard InChI is InChI=1S/C15H15ClN2O5S/c1-22-13-8-9(7-12(16)14(13)23-2)15(19)18-10-3-5-11(6-4-10)24(17,20)21/h3-8H,1-2H3,(H,18,19)(H2,17,20,21). The van der Waals surface area contributed by atoms with Crippen molar-refractivity contribution in [3.63, 3.8) is 0 Å². The Hall–Kier alpha value is -2.29. The Kier molecular flexibility index (Phi) is 5.33. The first kappa shape index (κ1) is 18.1. The van der Waals surface area contributed by atoms with E-state index < -0.39 is 15.9 Å². The summed E-state index contributed by atoms with van der Waals surface area (Å²) in [4.78, 5) is 12.3. The molecule has 0 aromatic heterocycles. The van der Waals surface area contributed by atoms with E-state index in [2.05, 4.69) is 5.32 Å². The maximum Gasteiger partial charge on any atom is 0.255 e. The largest absolute Gasteiger partial charge is 0.493 e. The highest BCUT2D eigenvalue weighted by Gasteiger charge is 2.15. The topological polar surface area (TPSA) is 108 Å². The van der Waals surface area contributed by atoms with Crippen LogP contribution in [0, 0.1) is 0 Å². The van der Waals surface area contributed by atoms with E-state index in [9.17, 15) is 13.2 Å². The molecule has 7 nitrogen and oxygen atoms in total. The molecule has 0 saturated heterocycles. The minimum Gasteiger partial charge on any atom is -0.493 e. The predicted octanol–water partition coefficient (Wildman–Crippen LogP) is 2.26. The number of amides is 1. The van der Waals surface area contributed by atoms with Gasteiger partial charge in [0.05, 0.1) is 24.1 Å². The number of nitrogens with two attached hydrogens (primary N) is 1. The number of nitrogens with one attached hydrogen (secondary N) is 1. The van der Waals surface area contributed by atoms with Crippen LogP contribution in [0.3, 0.4) is 0 Å². The lowest BCUT2D eigenvalue weighted by Crippen LogP contribution is -2.14. The van der Waals surface area contributed by atoms with Crippen molar-refractivity contribution in [2.24, 2.45) is 5.14 Å². The quantitative estimate of drug-likeness (QED) is 0.839. The second-order valence-corrected chi connectivity index (χ2v) is 6.69. The maximum absolute atomic E-state index is 12.3. The summed E-state index contributed by atoms with van der Waals surface area (Å²) >= 11 is 6.07. The average molecular weight is 371 g/mol. The molecular weight excluding hydrogens is 356 g/mol. The zero-order valence-corrected chi connectivity index (χ0v) is 14.4.